The van der Waals surface area contributed by atoms with E-state index in [1.54, 1.807) is 16.7 Å². The molecule has 3 aromatic rings. The van der Waals surface area contributed by atoms with E-state index in [4.69, 9.17) is 5.11 Å². The molecule has 0 radical (unpaired) electrons. The number of halogens is 1. The Morgan fingerprint density at radius 2 is 2.13 bits per heavy atom. The Morgan fingerprint density at radius 3 is 2.87 bits per heavy atom. The van der Waals surface area contributed by atoms with Gasteiger partial charge in [-0.1, -0.05) is 6.07 Å². The molecule has 7 heteroatoms. The average Bonchev–Trinajstić information content (AvgIpc) is 2.80. The van der Waals surface area contributed by atoms with E-state index in [1.807, 2.05) is 19.1 Å². The van der Waals surface area contributed by atoms with Crippen LogP contribution in [-0.4, -0.2) is 20.5 Å². The first-order chi connectivity index (χ1) is 11.0. The second-order valence-electron chi connectivity index (χ2n) is 5.06. The van der Waals surface area contributed by atoms with Gasteiger partial charge in [-0.25, -0.2) is 9.37 Å². The number of hydrogen-bond donors (Lipinski definition) is 1. The highest BCUT2D eigenvalue weighted by Crippen LogP contribution is 2.25. The highest BCUT2D eigenvalue weighted by molar-refractivity contribution is 5.72. The number of azo groups is 1. The van der Waals surface area contributed by atoms with Crippen LogP contribution in [0.3, 0.4) is 0 Å². The summed E-state index contributed by atoms with van der Waals surface area (Å²) in [6.45, 7) is 1.92. The van der Waals surface area contributed by atoms with Gasteiger partial charge in [-0.05, 0) is 36.8 Å². The smallest absolute Gasteiger partial charge is 0.309 e. The van der Waals surface area contributed by atoms with Crippen LogP contribution in [0.5, 0.6) is 0 Å². The van der Waals surface area contributed by atoms with Gasteiger partial charge in [0.25, 0.3) is 0 Å². The zero-order chi connectivity index (χ0) is 16.4. The molecule has 2 aromatic heterocycles. The van der Waals surface area contributed by atoms with Crippen molar-refractivity contribution in [2.45, 2.75) is 13.3 Å². The quantitative estimate of drug-likeness (QED) is 0.744. The average molecular weight is 312 g/mol. The summed E-state index contributed by atoms with van der Waals surface area (Å²) in [5.74, 6) is -1.10. The molecule has 0 saturated heterocycles. The van der Waals surface area contributed by atoms with Crippen molar-refractivity contribution in [2.24, 2.45) is 10.2 Å². The van der Waals surface area contributed by atoms with Crippen molar-refractivity contribution < 1.29 is 14.3 Å². The summed E-state index contributed by atoms with van der Waals surface area (Å²) in [4.78, 5) is 15.3. The molecule has 0 fully saturated rings. The summed E-state index contributed by atoms with van der Waals surface area (Å²) in [6, 6.07) is 9.38. The predicted molar refractivity (Wildman–Crippen MR) is 81.8 cm³/mol. The molecule has 1 aromatic carbocycles. The molecule has 6 nitrogen and oxygen atoms in total. The molecule has 0 saturated carbocycles. The first-order valence-electron chi connectivity index (χ1n) is 6.89. The van der Waals surface area contributed by atoms with E-state index in [1.165, 1.54) is 18.2 Å². The zero-order valence-electron chi connectivity index (χ0n) is 12.3. The van der Waals surface area contributed by atoms with E-state index in [-0.39, 0.29) is 6.42 Å². The lowest BCUT2D eigenvalue weighted by atomic mass is 10.3. The first-order valence-corrected chi connectivity index (χ1v) is 6.89. The number of rotatable bonds is 4. The van der Waals surface area contributed by atoms with Gasteiger partial charge in [0, 0.05) is 12.3 Å². The Labute approximate surface area is 130 Å². The van der Waals surface area contributed by atoms with Crippen molar-refractivity contribution in [3.05, 3.63) is 59.7 Å². The van der Waals surface area contributed by atoms with Gasteiger partial charge in [0.2, 0.25) is 0 Å². The first kappa shape index (κ1) is 14.8. The number of benzene rings is 1. The number of hydrogen-bond acceptors (Lipinski definition) is 4. The van der Waals surface area contributed by atoms with Gasteiger partial charge < -0.3 is 5.11 Å². The Balaban J connectivity index is 2.08. The van der Waals surface area contributed by atoms with Crippen molar-refractivity contribution in [2.75, 3.05) is 0 Å². The second-order valence-corrected chi connectivity index (χ2v) is 5.06. The van der Waals surface area contributed by atoms with Gasteiger partial charge in [-0.15, -0.1) is 10.2 Å². The van der Waals surface area contributed by atoms with Crippen molar-refractivity contribution in [3.63, 3.8) is 0 Å². The molecule has 1 N–H and O–H groups in total. The lowest BCUT2D eigenvalue weighted by Crippen LogP contribution is -2.00. The van der Waals surface area contributed by atoms with Gasteiger partial charge in [-0.3, -0.25) is 9.20 Å². The third-order valence-electron chi connectivity index (χ3n) is 3.21. The molecule has 0 spiro atoms. The maximum absolute atomic E-state index is 13.2. The number of carboxylic acids is 1. The molecule has 2 heterocycles. The molecule has 0 amide bonds. The summed E-state index contributed by atoms with van der Waals surface area (Å²) in [6.07, 6.45) is 1.49. The largest absolute Gasteiger partial charge is 0.481 e. The van der Waals surface area contributed by atoms with E-state index >= 15 is 0 Å². The number of aryl methyl sites for hydroxylation is 1. The third-order valence-corrected chi connectivity index (χ3v) is 3.21. The molecule has 0 aliphatic heterocycles. The fraction of sp³-hybridized carbons (Fsp3) is 0.125. The van der Waals surface area contributed by atoms with Gasteiger partial charge in [0.15, 0.2) is 5.82 Å². The summed E-state index contributed by atoms with van der Waals surface area (Å²) >= 11 is 0. The highest BCUT2D eigenvalue weighted by Gasteiger charge is 2.15. The fourth-order valence-corrected chi connectivity index (χ4v) is 2.19. The van der Waals surface area contributed by atoms with Gasteiger partial charge in [0.1, 0.15) is 11.5 Å². The maximum atomic E-state index is 13.2. The molecule has 0 aliphatic rings. The SMILES string of the molecule is Cc1ccn2c(N=Nc3cccc(F)c3)c(CC(=O)O)nc2c1. The number of aromatic nitrogens is 2. The van der Waals surface area contributed by atoms with Crippen molar-refractivity contribution in [1.82, 2.24) is 9.38 Å². The van der Waals surface area contributed by atoms with E-state index < -0.39 is 11.8 Å². The van der Waals surface area contributed by atoms with Crippen molar-refractivity contribution >= 4 is 23.1 Å². The van der Waals surface area contributed by atoms with Crippen molar-refractivity contribution in [1.29, 1.82) is 0 Å². The Kier molecular flexibility index (Phi) is 3.84. The molecule has 23 heavy (non-hydrogen) atoms. The van der Waals surface area contributed by atoms with E-state index in [9.17, 15) is 9.18 Å². The monoisotopic (exact) mass is 312 g/mol. The number of carbonyl (C=O) groups is 1. The predicted octanol–water partition coefficient (Wildman–Crippen LogP) is 3.82. The summed E-state index contributed by atoms with van der Waals surface area (Å²) in [7, 11) is 0. The molecule has 3 rings (SSSR count). The fourth-order valence-electron chi connectivity index (χ4n) is 2.19. The molecule has 116 valence electrons. The van der Waals surface area contributed by atoms with Crippen LogP contribution in [-0.2, 0) is 11.2 Å². The summed E-state index contributed by atoms with van der Waals surface area (Å²) < 4.78 is 14.8. The minimum Gasteiger partial charge on any atom is -0.481 e. The Hall–Kier alpha value is -3.09. The van der Waals surface area contributed by atoms with E-state index in [2.05, 4.69) is 15.2 Å². The topological polar surface area (TPSA) is 79.3 Å². The number of imidazole rings is 1. The van der Waals surface area contributed by atoms with Crippen LogP contribution in [0.25, 0.3) is 5.65 Å². The number of nitrogens with zero attached hydrogens (tertiary/aromatic N) is 4. The maximum Gasteiger partial charge on any atom is 0.309 e. The molecule has 0 atom stereocenters. The van der Waals surface area contributed by atoms with Crippen LogP contribution in [0.4, 0.5) is 15.9 Å². The molecule has 0 unspecified atom stereocenters. The minimum absolute atomic E-state index is 0.266. The number of pyridine rings is 1. The van der Waals surface area contributed by atoms with Crippen LogP contribution in [0, 0.1) is 12.7 Å². The molecular weight excluding hydrogens is 299 g/mol. The van der Waals surface area contributed by atoms with Crippen LogP contribution < -0.4 is 0 Å². The highest BCUT2D eigenvalue weighted by atomic mass is 19.1. The molecule has 0 aliphatic carbocycles. The number of carboxylic acid groups (broad SMARTS) is 1. The van der Waals surface area contributed by atoms with Crippen LogP contribution in [0.2, 0.25) is 0 Å². The lowest BCUT2D eigenvalue weighted by molar-refractivity contribution is -0.136. The molecular formula is C16H13FN4O2. The molecule has 0 bridgehead atoms. The van der Waals surface area contributed by atoms with Gasteiger partial charge >= 0.3 is 5.97 Å². The Bertz CT molecular complexity index is 918. The Morgan fingerprint density at radius 1 is 1.30 bits per heavy atom. The number of fused-ring (bicyclic) bond motifs is 1. The van der Waals surface area contributed by atoms with Gasteiger partial charge in [0.05, 0.1) is 17.8 Å². The summed E-state index contributed by atoms with van der Waals surface area (Å²) in [5, 5.41) is 17.1. The van der Waals surface area contributed by atoms with Crippen LogP contribution in [0.15, 0.2) is 52.8 Å². The number of aliphatic carboxylic acids is 1. The van der Waals surface area contributed by atoms with Gasteiger partial charge in [-0.2, -0.15) is 0 Å². The summed E-state index contributed by atoms with van der Waals surface area (Å²) in [5.41, 5.74) is 2.24. The van der Waals surface area contributed by atoms with Crippen molar-refractivity contribution in [3.8, 4) is 0 Å². The minimum atomic E-state index is -1.01. The second kappa shape index (κ2) is 5.96. The standard InChI is InChI=1S/C16H13FN4O2/c1-10-5-6-21-14(7-10)18-13(9-15(22)23)16(21)20-19-12-4-2-3-11(17)8-12/h2-8H,9H2,1H3,(H,22,23). The zero-order valence-corrected chi connectivity index (χ0v) is 12.3. The van der Waals surface area contributed by atoms with E-state index in [0.717, 1.165) is 5.56 Å². The van der Waals surface area contributed by atoms with Crippen LogP contribution >= 0.6 is 0 Å². The lowest BCUT2D eigenvalue weighted by Gasteiger charge is -1.98. The normalized spacial score (nSPS) is 11.4. The van der Waals surface area contributed by atoms with Crippen LogP contribution in [0.1, 0.15) is 11.3 Å². The van der Waals surface area contributed by atoms with E-state index in [0.29, 0.717) is 22.8 Å². The third kappa shape index (κ3) is 3.23.